The van der Waals surface area contributed by atoms with E-state index in [-0.39, 0.29) is 0 Å². The first-order valence-electron chi connectivity index (χ1n) is 8.44. The number of nitrogens with two attached hydrogens (primary N) is 1. The lowest BCUT2D eigenvalue weighted by Crippen LogP contribution is -2.33. The third-order valence-electron chi connectivity index (χ3n) is 4.52. The second kappa shape index (κ2) is 6.66. The summed E-state index contributed by atoms with van der Waals surface area (Å²) >= 11 is 0. The molecule has 0 radical (unpaired) electrons. The van der Waals surface area contributed by atoms with Gasteiger partial charge in [0.2, 0.25) is 5.95 Å². The van der Waals surface area contributed by atoms with Crippen LogP contribution in [0.15, 0.2) is 18.5 Å². The molecule has 0 atom stereocenters. The van der Waals surface area contributed by atoms with E-state index in [1.807, 2.05) is 25.4 Å². The topological polar surface area (TPSA) is 81.7 Å². The number of anilines is 1. The first kappa shape index (κ1) is 15.9. The maximum atomic E-state index is 5.97. The Morgan fingerprint density at radius 1 is 1.22 bits per heavy atom. The average Bonchev–Trinajstić information content (AvgIpc) is 2.92. The van der Waals surface area contributed by atoms with Crippen molar-refractivity contribution in [3.05, 3.63) is 24.3 Å². The van der Waals surface area contributed by atoms with Crippen molar-refractivity contribution in [2.75, 3.05) is 5.32 Å². The van der Waals surface area contributed by atoms with Crippen LogP contribution in [0.4, 0.5) is 5.95 Å². The van der Waals surface area contributed by atoms with Crippen molar-refractivity contribution in [1.29, 1.82) is 0 Å². The molecular formula is C17H26N6. The Morgan fingerprint density at radius 3 is 2.65 bits per heavy atom. The third kappa shape index (κ3) is 3.52. The minimum Gasteiger partial charge on any atom is -0.351 e. The summed E-state index contributed by atoms with van der Waals surface area (Å²) in [5, 5.41) is 3.46. The van der Waals surface area contributed by atoms with E-state index in [1.54, 1.807) is 0 Å². The van der Waals surface area contributed by atoms with Gasteiger partial charge in [0.15, 0.2) is 0 Å². The second-order valence-corrected chi connectivity index (χ2v) is 6.68. The molecule has 2 aromatic heterocycles. The lowest BCUT2D eigenvalue weighted by atomic mass is 9.92. The zero-order valence-electron chi connectivity index (χ0n) is 14.2. The normalized spacial score (nSPS) is 21.6. The van der Waals surface area contributed by atoms with Crippen LogP contribution >= 0.6 is 0 Å². The quantitative estimate of drug-likeness (QED) is 0.907. The predicted molar refractivity (Wildman–Crippen MR) is 92.2 cm³/mol. The van der Waals surface area contributed by atoms with E-state index in [1.165, 1.54) is 0 Å². The van der Waals surface area contributed by atoms with Crippen molar-refractivity contribution in [2.45, 2.75) is 64.6 Å². The van der Waals surface area contributed by atoms with E-state index in [4.69, 9.17) is 10.7 Å². The molecule has 2 aromatic rings. The van der Waals surface area contributed by atoms with Gasteiger partial charge in [-0.05, 0) is 52.5 Å². The van der Waals surface area contributed by atoms with Crippen molar-refractivity contribution >= 4 is 5.95 Å². The largest absolute Gasteiger partial charge is 0.351 e. The zero-order chi connectivity index (χ0) is 16.4. The van der Waals surface area contributed by atoms with Gasteiger partial charge in [-0.2, -0.15) is 0 Å². The number of aryl methyl sites for hydroxylation is 1. The number of aromatic nitrogens is 4. The minimum atomic E-state index is 0.346. The van der Waals surface area contributed by atoms with E-state index < -0.39 is 0 Å². The summed E-state index contributed by atoms with van der Waals surface area (Å²) in [6.45, 7) is 6.34. The standard InChI is InChI=1S/C17H26N6/c1-11(2)23-12(3)20-10-16(23)15-8-9-19-17(22-15)21-14-6-4-13(18)5-7-14/h8-11,13-14H,4-7,18H2,1-3H3,(H,19,21,22). The third-order valence-corrected chi connectivity index (χ3v) is 4.52. The Kier molecular flexibility index (Phi) is 4.61. The van der Waals surface area contributed by atoms with Gasteiger partial charge in [-0.25, -0.2) is 15.0 Å². The molecule has 6 heteroatoms. The molecule has 1 fully saturated rings. The Balaban J connectivity index is 1.80. The molecule has 0 unspecified atom stereocenters. The van der Waals surface area contributed by atoms with E-state index >= 15 is 0 Å². The molecule has 3 N–H and O–H groups in total. The molecule has 0 spiro atoms. The molecule has 1 aliphatic carbocycles. The lowest BCUT2D eigenvalue weighted by Gasteiger charge is -2.26. The monoisotopic (exact) mass is 314 g/mol. The fraction of sp³-hybridized carbons (Fsp3) is 0.588. The van der Waals surface area contributed by atoms with Gasteiger partial charge in [0.1, 0.15) is 5.82 Å². The fourth-order valence-corrected chi connectivity index (χ4v) is 3.31. The Labute approximate surface area is 137 Å². The number of rotatable bonds is 4. The van der Waals surface area contributed by atoms with Gasteiger partial charge in [-0.15, -0.1) is 0 Å². The summed E-state index contributed by atoms with van der Waals surface area (Å²) in [5.41, 5.74) is 7.91. The van der Waals surface area contributed by atoms with E-state index in [2.05, 4.69) is 33.7 Å². The highest BCUT2D eigenvalue weighted by atomic mass is 15.1. The van der Waals surface area contributed by atoms with Crippen LogP contribution in [0.25, 0.3) is 11.4 Å². The second-order valence-electron chi connectivity index (χ2n) is 6.68. The van der Waals surface area contributed by atoms with Gasteiger partial charge in [0.25, 0.3) is 0 Å². The van der Waals surface area contributed by atoms with Gasteiger partial charge < -0.3 is 15.6 Å². The van der Waals surface area contributed by atoms with Crippen LogP contribution in [0.5, 0.6) is 0 Å². The summed E-state index contributed by atoms with van der Waals surface area (Å²) in [6, 6.07) is 3.06. The highest BCUT2D eigenvalue weighted by Gasteiger charge is 2.19. The van der Waals surface area contributed by atoms with Crippen LogP contribution in [0.1, 0.15) is 51.4 Å². The summed E-state index contributed by atoms with van der Waals surface area (Å²) in [6.07, 6.45) is 8.00. The van der Waals surface area contributed by atoms with Gasteiger partial charge in [0, 0.05) is 24.3 Å². The average molecular weight is 314 g/mol. The summed E-state index contributed by atoms with van der Waals surface area (Å²) in [7, 11) is 0. The summed E-state index contributed by atoms with van der Waals surface area (Å²) < 4.78 is 2.20. The van der Waals surface area contributed by atoms with Crippen molar-refractivity contribution in [2.24, 2.45) is 5.73 Å². The van der Waals surface area contributed by atoms with Crippen molar-refractivity contribution < 1.29 is 0 Å². The number of nitrogens with zero attached hydrogens (tertiary/aromatic N) is 4. The van der Waals surface area contributed by atoms with E-state index in [0.717, 1.165) is 42.9 Å². The maximum Gasteiger partial charge on any atom is 0.223 e. The van der Waals surface area contributed by atoms with Gasteiger partial charge in [-0.1, -0.05) is 0 Å². The maximum absolute atomic E-state index is 5.97. The van der Waals surface area contributed by atoms with Crippen LogP contribution in [-0.4, -0.2) is 31.6 Å². The molecule has 0 bridgehead atoms. The van der Waals surface area contributed by atoms with Gasteiger partial charge >= 0.3 is 0 Å². The molecule has 3 rings (SSSR count). The molecule has 0 aromatic carbocycles. The highest BCUT2D eigenvalue weighted by molar-refractivity contribution is 5.56. The first-order valence-corrected chi connectivity index (χ1v) is 8.44. The SMILES string of the molecule is Cc1ncc(-c2ccnc(NC3CCC(N)CC3)n2)n1C(C)C. The number of hydrogen-bond acceptors (Lipinski definition) is 5. The molecule has 124 valence electrons. The van der Waals surface area contributed by atoms with Crippen LogP contribution in [0, 0.1) is 6.92 Å². The lowest BCUT2D eigenvalue weighted by molar-refractivity contribution is 0.410. The fourth-order valence-electron chi connectivity index (χ4n) is 3.31. The zero-order valence-corrected chi connectivity index (χ0v) is 14.2. The molecule has 1 saturated carbocycles. The Morgan fingerprint density at radius 2 is 1.96 bits per heavy atom. The molecule has 0 saturated heterocycles. The number of hydrogen-bond donors (Lipinski definition) is 2. The van der Waals surface area contributed by atoms with Crippen molar-refractivity contribution in [1.82, 2.24) is 19.5 Å². The van der Waals surface area contributed by atoms with Gasteiger partial charge in [0.05, 0.1) is 17.6 Å². The molecule has 1 aliphatic rings. The molecule has 23 heavy (non-hydrogen) atoms. The molecule has 0 amide bonds. The van der Waals surface area contributed by atoms with Crippen molar-refractivity contribution in [3.8, 4) is 11.4 Å². The number of nitrogens with one attached hydrogen (secondary N) is 1. The van der Waals surface area contributed by atoms with E-state index in [9.17, 15) is 0 Å². The van der Waals surface area contributed by atoms with Crippen LogP contribution in [-0.2, 0) is 0 Å². The summed E-state index contributed by atoms with van der Waals surface area (Å²) in [5.74, 6) is 1.70. The Bertz CT molecular complexity index is 655. The smallest absolute Gasteiger partial charge is 0.223 e. The molecule has 6 nitrogen and oxygen atoms in total. The number of imidazole rings is 1. The minimum absolute atomic E-state index is 0.346. The highest BCUT2D eigenvalue weighted by Crippen LogP contribution is 2.24. The first-order chi connectivity index (χ1) is 11.0. The van der Waals surface area contributed by atoms with Gasteiger partial charge in [-0.3, -0.25) is 0 Å². The molecule has 0 aliphatic heterocycles. The molecule has 2 heterocycles. The van der Waals surface area contributed by atoms with Crippen molar-refractivity contribution in [3.63, 3.8) is 0 Å². The Hall–Kier alpha value is -1.95. The predicted octanol–water partition coefficient (Wildman–Crippen LogP) is 2.91. The van der Waals surface area contributed by atoms with Crippen LogP contribution in [0.3, 0.4) is 0 Å². The summed E-state index contributed by atoms with van der Waals surface area (Å²) in [4.78, 5) is 13.5. The molecular weight excluding hydrogens is 288 g/mol. The van der Waals surface area contributed by atoms with Crippen LogP contribution in [0.2, 0.25) is 0 Å². The van der Waals surface area contributed by atoms with Crippen LogP contribution < -0.4 is 11.1 Å². The van der Waals surface area contributed by atoms with E-state index in [0.29, 0.717) is 24.1 Å².